The van der Waals surface area contributed by atoms with Crippen molar-refractivity contribution < 1.29 is 18.6 Å². The first kappa shape index (κ1) is 29.8. The molecule has 6 heterocycles. The van der Waals surface area contributed by atoms with Crippen molar-refractivity contribution >= 4 is 33.1 Å². The Kier molecular flexibility index (Phi) is 6.89. The third-order valence-corrected chi connectivity index (χ3v) is 11.3. The molecule has 8 nitrogen and oxygen atoms in total. The molecule has 5 aliphatic rings. The summed E-state index contributed by atoms with van der Waals surface area (Å²) in [6.45, 7) is 10.7. The minimum atomic E-state index is -0.865. The van der Waals surface area contributed by atoms with Crippen molar-refractivity contribution in [3.05, 3.63) is 53.5 Å². The number of aryl methyl sites for hydroxylation is 1. The fourth-order valence-electron chi connectivity index (χ4n) is 9.02. The Morgan fingerprint density at radius 1 is 1.17 bits per heavy atom. The van der Waals surface area contributed by atoms with Gasteiger partial charge in [-0.15, -0.1) is 0 Å². The topological polar surface area (TPSA) is 86.6 Å². The molecule has 48 heavy (non-hydrogen) atoms. The van der Waals surface area contributed by atoms with E-state index in [2.05, 4.69) is 33.5 Å². The molecule has 2 aromatic carbocycles. The quantitative estimate of drug-likeness (QED) is 0.264. The second-order valence-electron chi connectivity index (χ2n) is 14.4. The summed E-state index contributed by atoms with van der Waals surface area (Å²) in [5.74, 6) is 7.21. The van der Waals surface area contributed by atoms with Gasteiger partial charge in [-0.05, 0) is 80.8 Å². The third kappa shape index (κ3) is 4.73. The number of phenols is 1. The zero-order valence-electron chi connectivity index (χ0n) is 27.1. The Morgan fingerprint density at radius 3 is 2.96 bits per heavy atom. The molecule has 4 aliphatic heterocycles. The number of nitrogens with one attached hydrogen (secondary N) is 1. The molecule has 4 aromatic rings. The number of aromatic nitrogens is 3. The molecule has 4 fully saturated rings. The van der Waals surface area contributed by atoms with Gasteiger partial charge in [0.25, 0.3) is 0 Å². The maximum atomic E-state index is 15.3. The van der Waals surface area contributed by atoms with Gasteiger partial charge in [0.1, 0.15) is 30.2 Å². The Morgan fingerprint density at radius 2 is 2.06 bits per heavy atom. The Bertz CT molecular complexity index is 2090. The van der Waals surface area contributed by atoms with Crippen molar-refractivity contribution in [2.75, 3.05) is 44.2 Å². The first-order valence-electron chi connectivity index (χ1n) is 17.1. The zero-order chi connectivity index (χ0) is 32.7. The van der Waals surface area contributed by atoms with Crippen molar-refractivity contribution in [1.29, 1.82) is 0 Å². The lowest BCUT2D eigenvalue weighted by molar-refractivity contribution is 0.107. The Labute approximate surface area is 278 Å². The predicted octanol–water partition coefficient (Wildman–Crippen LogP) is 5.91. The number of benzene rings is 2. The number of fused-ring (bicyclic) bond motifs is 7. The number of nitrogens with zero attached hydrogens (tertiary/aromatic N) is 5. The number of hydrogen-bond donors (Lipinski definition) is 2. The lowest BCUT2D eigenvalue weighted by Gasteiger charge is -2.31. The number of alkyl halides is 1. The van der Waals surface area contributed by atoms with Gasteiger partial charge in [0.2, 0.25) is 0 Å². The van der Waals surface area contributed by atoms with Crippen molar-refractivity contribution in [1.82, 2.24) is 25.2 Å². The molecule has 0 amide bonds. The van der Waals surface area contributed by atoms with E-state index in [1.165, 1.54) is 6.07 Å². The number of phenolic OH excluding ortho intramolecular Hbond substituents is 1. The van der Waals surface area contributed by atoms with Gasteiger partial charge in [-0.2, -0.15) is 9.97 Å². The number of anilines is 1. The van der Waals surface area contributed by atoms with Crippen LogP contribution < -0.4 is 15.0 Å². The molecule has 3 unspecified atom stereocenters. The van der Waals surface area contributed by atoms with Gasteiger partial charge in [0.05, 0.1) is 33.4 Å². The SMILES string of the molecule is C=C1CC#Cc2c(F)ccc3cc(O)cc(c23)-c2nc(C)c3c(N4CCC5CNC(C5)C4)nc(OC[C@@]45CCCN4CC(F)C5)nc3c21. The molecule has 1 aliphatic carbocycles. The van der Waals surface area contributed by atoms with Gasteiger partial charge in [-0.1, -0.05) is 24.5 Å². The number of rotatable bonds is 4. The molecule has 0 saturated carbocycles. The highest BCUT2D eigenvalue weighted by molar-refractivity contribution is 6.08. The fraction of sp³-hybridized carbons (Fsp3) is 0.447. The highest BCUT2D eigenvalue weighted by Crippen LogP contribution is 2.45. The van der Waals surface area contributed by atoms with Crippen LogP contribution in [0.15, 0.2) is 30.8 Å². The maximum absolute atomic E-state index is 15.3. The lowest BCUT2D eigenvalue weighted by Crippen LogP contribution is -2.43. The van der Waals surface area contributed by atoms with Crippen LogP contribution in [0.4, 0.5) is 14.6 Å². The van der Waals surface area contributed by atoms with E-state index in [0.29, 0.717) is 75.9 Å². The molecule has 2 aromatic heterocycles. The molecule has 9 rings (SSSR count). The van der Waals surface area contributed by atoms with Crippen molar-refractivity contribution in [2.45, 2.75) is 63.2 Å². The highest BCUT2D eigenvalue weighted by atomic mass is 19.1. The van der Waals surface area contributed by atoms with Gasteiger partial charge in [0.15, 0.2) is 0 Å². The number of hydrogen-bond acceptors (Lipinski definition) is 8. The van der Waals surface area contributed by atoms with E-state index in [1.807, 2.05) is 6.92 Å². The molecule has 4 saturated heterocycles. The average molecular weight is 649 g/mol. The molecule has 0 spiro atoms. The molecular weight excluding hydrogens is 610 g/mol. The van der Waals surface area contributed by atoms with E-state index >= 15 is 4.39 Å². The van der Waals surface area contributed by atoms with Gasteiger partial charge < -0.3 is 20.1 Å². The lowest BCUT2D eigenvalue weighted by atomic mass is 9.91. The van der Waals surface area contributed by atoms with Crippen molar-refractivity contribution in [3.8, 4) is 34.9 Å². The van der Waals surface area contributed by atoms with Crippen molar-refractivity contribution in [2.24, 2.45) is 5.92 Å². The molecule has 4 atom stereocenters. The minimum absolute atomic E-state index is 0.0426. The summed E-state index contributed by atoms with van der Waals surface area (Å²) in [5, 5.41) is 16.6. The van der Waals surface area contributed by atoms with Crippen LogP contribution >= 0.6 is 0 Å². The molecule has 10 heteroatoms. The van der Waals surface area contributed by atoms with Crippen LogP contribution in [0.1, 0.15) is 55.3 Å². The van der Waals surface area contributed by atoms with Crippen LogP contribution in [0.2, 0.25) is 0 Å². The van der Waals surface area contributed by atoms with Crippen LogP contribution in [0.5, 0.6) is 11.8 Å². The Hall–Kier alpha value is -4.33. The predicted molar refractivity (Wildman–Crippen MR) is 182 cm³/mol. The smallest absolute Gasteiger partial charge is 0.319 e. The summed E-state index contributed by atoms with van der Waals surface area (Å²) in [6, 6.07) is 6.88. The number of allylic oxidation sites excluding steroid dienone is 1. The first-order valence-corrected chi connectivity index (χ1v) is 17.1. The second-order valence-corrected chi connectivity index (χ2v) is 14.4. The summed E-state index contributed by atoms with van der Waals surface area (Å²) < 4.78 is 36.5. The van der Waals surface area contributed by atoms with Crippen molar-refractivity contribution in [3.63, 3.8) is 0 Å². The zero-order valence-corrected chi connectivity index (χ0v) is 27.1. The number of ether oxygens (including phenoxy) is 1. The molecule has 0 radical (unpaired) electrons. The van der Waals surface area contributed by atoms with Crippen LogP contribution in [-0.2, 0) is 0 Å². The highest BCUT2D eigenvalue weighted by Gasteiger charge is 2.49. The standard InChI is InChI=1S/C38H38F2N6O2/c1-21-5-3-6-28-30(40)8-7-24-14-27(47)15-29(33(24)28)34-31(21)35-32(22(2)42-34)36(45-12-9-23-13-26(19-45)41-17-23)44-37(43-35)48-20-38-10-4-11-46(38)18-25(39)16-38/h7-8,14-15,23,25-26,41,47H,1,4-5,9-13,16-20H2,2H3/t23?,25?,26?,38-/m0/s1. The first-order chi connectivity index (χ1) is 23.3. The number of halogens is 2. The molecule has 2 N–H and O–H groups in total. The molecular formula is C38H38F2N6O2. The normalized spacial score (nSPS) is 26.4. The summed E-state index contributed by atoms with van der Waals surface area (Å²) in [4.78, 5) is 20.0. The summed E-state index contributed by atoms with van der Waals surface area (Å²) in [6.07, 6.45) is 3.93. The third-order valence-electron chi connectivity index (χ3n) is 11.3. The van der Waals surface area contributed by atoms with Gasteiger partial charge in [0, 0.05) is 55.0 Å². The fourth-order valence-corrected chi connectivity index (χ4v) is 9.02. The van der Waals surface area contributed by atoms with Crippen LogP contribution in [0.25, 0.3) is 38.5 Å². The van der Waals surface area contributed by atoms with E-state index in [0.717, 1.165) is 63.1 Å². The van der Waals surface area contributed by atoms with Crippen LogP contribution in [0, 0.1) is 30.5 Å². The van der Waals surface area contributed by atoms with Gasteiger partial charge in [-0.25, -0.2) is 8.78 Å². The largest absolute Gasteiger partial charge is 0.508 e. The average Bonchev–Trinajstić information content (AvgIpc) is 3.71. The van der Waals surface area contributed by atoms with Gasteiger partial charge >= 0.3 is 6.01 Å². The molecule has 246 valence electrons. The number of pyridine rings is 1. The Balaban J connectivity index is 1.27. The summed E-state index contributed by atoms with van der Waals surface area (Å²) in [5.41, 5.74) is 3.74. The van der Waals surface area contributed by atoms with E-state index in [-0.39, 0.29) is 29.3 Å². The van der Waals surface area contributed by atoms with Crippen LogP contribution in [-0.4, -0.2) is 82.0 Å². The van der Waals surface area contributed by atoms with E-state index in [9.17, 15) is 9.50 Å². The van der Waals surface area contributed by atoms with E-state index < -0.39 is 12.0 Å². The maximum Gasteiger partial charge on any atom is 0.319 e. The summed E-state index contributed by atoms with van der Waals surface area (Å²) >= 11 is 0. The summed E-state index contributed by atoms with van der Waals surface area (Å²) in [7, 11) is 0. The van der Waals surface area contributed by atoms with E-state index in [4.69, 9.17) is 19.7 Å². The minimum Gasteiger partial charge on any atom is -0.508 e. The van der Waals surface area contributed by atoms with Crippen LogP contribution in [0.3, 0.4) is 0 Å². The second kappa shape index (κ2) is 11.1. The number of aromatic hydroxyl groups is 1. The van der Waals surface area contributed by atoms with E-state index in [1.54, 1.807) is 18.2 Å². The van der Waals surface area contributed by atoms with Gasteiger partial charge in [-0.3, -0.25) is 9.88 Å². The molecule has 2 bridgehead atoms. The monoisotopic (exact) mass is 648 g/mol.